The van der Waals surface area contributed by atoms with Crippen molar-refractivity contribution in [2.24, 2.45) is 0 Å². The number of pyridine rings is 1. The second-order valence-electron chi connectivity index (χ2n) is 7.90. The molecular formula is C22H28N4O2. The Bertz CT molecular complexity index is 850. The van der Waals surface area contributed by atoms with Gasteiger partial charge in [-0.3, -0.25) is 4.79 Å². The molecule has 1 N–H and O–H groups in total. The Labute approximate surface area is 166 Å². The molecule has 1 aliphatic carbocycles. The van der Waals surface area contributed by atoms with Gasteiger partial charge in [-0.05, 0) is 68.8 Å². The van der Waals surface area contributed by atoms with Crippen LogP contribution in [0.25, 0.3) is 0 Å². The third kappa shape index (κ3) is 3.69. The third-order valence-corrected chi connectivity index (χ3v) is 6.01. The molecule has 148 valence electrons. The van der Waals surface area contributed by atoms with Crippen molar-refractivity contribution in [1.29, 1.82) is 0 Å². The van der Waals surface area contributed by atoms with Crippen LogP contribution in [0.2, 0.25) is 0 Å². The van der Waals surface area contributed by atoms with Crippen molar-refractivity contribution in [1.82, 2.24) is 9.88 Å². The molecule has 0 spiro atoms. The van der Waals surface area contributed by atoms with Crippen molar-refractivity contribution < 1.29 is 9.53 Å². The van der Waals surface area contributed by atoms with Gasteiger partial charge in [0.15, 0.2) is 0 Å². The molecule has 1 saturated heterocycles. The van der Waals surface area contributed by atoms with Crippen molar-refractivity contribution in [2.45, 2.75) is 31.2 Å². The largest absolute Gasteiger partial charge is 0.497 e. The van der Waals surface area contributed by atoms with E-state index in [1.54, 1.807) is 7.11 Å². The maximum Gasteiger partial charge on any atom is 0.233 e. The Kier molecular flexibility index (Phi) is 5.22. The summed E-state index contributed by atoms with van der Waals surface area (Å²) in [4.78, 5) is 21.9. The van der Waals surface area contributed by atoms with Crippen molar-refractivity contribution in [3.05, 3.63) is 47.7 Å². The van der Waals surface area contributed by atoms with Crippen LogP contribution in [0.4, 0.5) is 11.5 Å². The lowest BCUT2D eigenvalue weighted by Gasteiger charge is -2.21. The summed E-state index contributed by atoms with van der Waals surface area (Å²) in [5.74, 6) is 1.25. The number of nitrogens with zero attached hydrogens (tertiary/aromatic N) is 3. The molecule has 1 aliphatic heterocycles. The summed E-state index contributed by atoms with van der Waals surface area (Å²) in [6, 6.07) is 10.5. The number of fused-ring (bicyclic) bond motifs is 1. The lowest BCUT2D eigenvalue weighted by Crippen LogP contribution is -2.31. The minimum Gasteiger partial charge on any atom is -0.497 e. The van der Waals surface area contributed by atoms with Crippen molar-refractivity contribution in [2.75, 3.05) is 44.5 Å². The molecule has 1 aromatic carbocycles. The smallest absolute Gasteiger partial charge is 0.233 e. The number of aromatic nitrogens is 1. The highest BCUT2D eigenvalue weighted by molar-refractivity contribution is 5.96. The van der Waals surface area contributed by atoms with Gasteiger partial charge < -0.3 is 19.9 Å². The first kappa shape index (κ1) is 18.7. The van der Waals surface area contributed by atoms with E-state index in [1.165, 1.54) is 5.56 Å². The molecule has 2 aliphatic rings. The standard InChI is InChI=1S/C22H28N4O2/c1-25(2)17-10-11-26(14-17)16-6-9-21(23-13-16)24-22(27)19-8-5-15-4-7-18(28-3)12-20(15)19/h4,6-7,9,12-13,17,19H,5,8,10-11,14H2,1-3H3,(H,23,24,27). The first-order valence-electron chi connectivity index (χ1n) is 9.90. The van der Waals surface area contributed by atoms with Crippen molar-refractivity contribution in [3.63, 3.8) is 0 Å². The summed E-state index contributed by atoms with van der Waals surface area (Å²) in [5.41, 5.74) is 3.41. The number of anilines is 2. The normalized spacial score (nSPS) is 21.1. The number of hydrogen-bond donors (Lipinski definition) is 1. The first-order valence-corrected chi connectivity index (χ1v) is 9.90. The maximum atomic E-state index is 12.8. The number of rotatable bonds is 5. The first-order chi connectivity index (χ1) is 13.5. The quantitative estimate of drug-likeness (QED) is 0.864. The fourth-order valence-corrected chi connectivity index (χ4v) is 4.24. The SMILES string of the molecule is COc1ccc2c(c1)C(C(=O)Nc1ccc(N3CCC(N(C)C)C3)cn1)CC2. The number of amides is 1. The zero-order valence-electron chi connectivity index (χ0n) is 16.8. The molecule has 1 amide bonds. The van der Waals surface area contributed by atoms with E-state index in [0.29, 0.717) is 11.9 Å². The summed E-state index contributed by atoms with van der Waals surface area (Å²) < 4.78 is 5.32. The predicted molar refractivity (Wildman–Crippen MR) is 111 cm³/mol. The number of ether oxygens (including phenoxy) is 1. The molecule has 6 heteroatoms. The number of aryl methyl sites for hydroxylation is 1. The average Bonchev–Trinajstić information content (AvgIpc) is 3.35. The van der Waals surface area contributed by atoms with E-state index < -0.39 is 0 Å². The highest BCUT2D eigenvalue weighted by Crippen LogP contribution is 2.36. The Balaban J connectivity index is 1.41. The van der Waals surface area contributed by atoms with Crippen LogP contribution in [0, 0.1) is 0 Å². The molecule has 1 fully saturated rings. The van der Waals surface area contributed by atoms with Gasteiger partial charge in [0, 0.05) is 19.1 Å². The number of carbonyl (C=O) groups is 1. The molecule has 2 aromatic rings. The number of benzene rings is 1. The van der Waals surface area contributed by atoms with E-state index in [1.807, 2.05) is 30.5 Å². The number of methoxy groups -OCH3 is 1. The van der Waals surface area contributed by atoms with Gasteiger partial charge in [0.25, 0.3) is 0 Å². The van der Waals surface area contributed by atoms with Crippen molar-refractivity contribution in [3.8, 4) is 5.75 Å². The molecule has 2 atom stereocenters. The molecule has 0 bridgehead atoms. The van der Waals surface area contributed by atoms with Gasteiger partial charge in [-0.1, -0.05) is 6.07 Å². The van der Waals surface area contributed by atoms with Gasteiger partial charge in [0.1, 0.15) is 11.6 Å². The van der Waals surface area contributed by atoms with Gasteiger partial charge in [0.05, 0.1) is 24.9 Å². The maximum absolute atomic E-state index is 12.8. The molecule has 6 nitrogen and oxygen atoms in total. The van der Waals surface area contributed by atoms with Crippen LogP contribution in [0.15, 0.2) is 36.5 Å². The summed E-state index contributed by atoms with van der Waals surface area (Å²) >= 11 is 0. The monoisotopic (exact) mass is 380 g/mol. The van der Waals surface area contributed by atoms with Crippen LogP contribution in [0.3, 0.4) is 0 Å². The zero-order chi connectivity index (χ0) is 19.7. The fourth-order valence-electron chi connectivity index (χ4n) is 4.24. The van der Waals surface area contributed by atoms with Crippen LogP contribution < -0.4 is 15.0 Å². The number of hydrogen-bond acceptors (Lipinski definition) is 5. The van der Waals surface area contributed by atoms with Gasteiger partial charge in [0.2, 0.25) is 5.91 Å². The van der Waals surface area contributed by atoms with Crippen LogP contribution in [0.5, 0.6) is 5.75 Å². The summed E-state index contributed by atoms with van der Waals surface area (Å²) in [5, 5.41) is 2.99. The van der Waals surface area contributed by atoms with Gasteiger partial charge in [-0.15, -0.1) is 0 Å². The number of nitrogens with one attached hydrogen (secondary N) is 1. The number of likely N-dealkylation sites (N-methyl/N-ethyl adjacent to an activating group) is 1. The third-order valence-electron chi connectivity index (χ3n) is 6.01. The second kappa shape index (κ2) is 7.80. The van der Waals surface area contributed by atoms with Gasteiger partial charge in [-0.2, -0.15) is 0 Å². The molecule has 1 aromatic heterocycles. The zero-order valence-corrected chi connectivity index (χ0v) is 16.8. The highest BCUT2D eigenvalue weighted by Gasteiger charge is 2.29. The molecule has 4 rings (SSSR count). The molecule has 2 unspecified atom stereocenters. The van der Waals surface area contributed by atoms with Crippen LogP contribution in [-0.2, 0) is 11.2 Å². The summed E-state index contributed by atoms with van der Waals surface area (Å²) in [6.45, 7) is 2.05. The second-order valence-corrected chi connectivity index (χ2v) is 7.90. The number of carbonyl (C=O) groups excluding carboxylic acids is 1. The average molecular weight is 380 g/mol. The Morgan fingerprint density at radius 3 is 2.79 bits per heavy atom. The molecule has 2 heterocycles. The Hall–Kier alpha value is -2.60. The van der Waals surface area contributed by atoms with Crippen molar-refractivity contribution >= 4 is 17.4 Å². The van der Waals surface area contributed by atoms with E-state index in [2.05, 4.69) is 40.3 Å². The van der Waals surface area contributed by atoms with E-state index >= 15 is 0 Å². The van der Waals surface area contributed by atoms with E-state index in [-0.39, 0.29) is 11.8 Å². The van der Waals surface area contributed by atoms with Gasteiger partial charge >= 0.3 is 0 Å². The molecule has 0 radical (unpaired) electrons. The lowest BCUT2D eigenvalue weighted by atomic mass is 10.00. The molecule has 28 heavy (non-hydrogen) atoms. The van der Waals surface area contributed by atoms with Crippen LogP contribution >= 0.6 is 0 Å². The Morgan fingerprint density at radius 1 is 1.25 bits per heavy atom. The highest BCUT2D eigenvalue weighted by atomic mass is 16.5. The summed E-state index contributed by atoms with van der Waals surface area (Å²) in [7, 11) is 5.90. The molecular weight excluding hydrogens is 352 g/mol. The van der Waals surface area contributed by atoms with E-state index in [9.17, 15) is 4.79 Å². The van der Waals surface area contributed by atoms with Gasteiger partial charge in [-0.25, -0.2) is 4.98 Å². The molecule has 0 saturated carbocycles. The van der Waals surface area contributed by atoms with Crippen LogP contribution in [-0.4, -0.2) is 56.1 Å². The lowest BCUT2D eigenvalue weighted by molar-refractivity contribution is -0.117. The minimum absolute atomic E-state index is 0.00102. The van der Waals surface area contributed by atoms with E-state index in [0.717, 1.165) is 49.4 Å². The Morgan fingerprint density at radius 2 is 2.11 bits per heavy atom. The topological polar surface area (TPSA) is 57.7 Å². The predicted octanol–water partition coefficient (Wildman–Crippen LogP) is 2.90. The summed E-state index contributed by atoms with van der Waals surface area (Å²) in [6.07, 6.45) is 4.77. The van der Waals surface area contributed by atoms with E-state index in [4.69, 9.17) is 4.74 Å². The van der Waals surface area contributed by atoms with Crippen LogP contribution in [0.1, 0.15) is 29.9 Å². The fraction of sp³-hybridized carbons (Fsp3) is 0.455. The minimum atomic E-state index is -0.147.